The van der Waals surface area contributed by atoms with E-state index in [2.05, 4.69) is 10.2 Å². The third-order valence-electron chi connectivity index (χ3n) is 2.74. The van der Waals surface area contributed by atoms with E-state index < -0.39 is 28.7 Å². The Morgan fingerprint density at radius 3 is 2.79 bits per heavy atom. The summed E-state index contributed by atoms with van der Waals surface area (Å²) in [5, 5.41) is 11.2. The standard InChI is InChI=1S/C11H20N2O5S/c1-8(14)12-10(11(15)16)7-19(17)6-9-5-13(2)3-4-18-9/h9-10H,3-7H2,1-2H3,(H,12,14)(H,15,16). The van der Waals surface area contributed by atoms with Crippen molar-refractivity contribution in [2.45, 2.75) is 19.1 Å². The zero-order chi connectivity index (χ0) is 14.4. The SMILES string of the molecule is CC(=O)NC(CS(=O)CC1CN(C)CCO1)C(=O)O. The minimum absolute atomic E-state index is 0.0987. The quantitative estimate of drug-likeness (QED) is 0.629. The second-order valence-electron chi connectivity index (χ2n) is 4.62. The van der Waals surface area contributed by atoms with Crippen LogP contribution in [0.1, 0.15) is 6.92 Å². The number of carboxylic acids is 1. The van der Waals surface area contributed by atoms with Crippen molar-refractivity contribution in [3.63, 3.8) is 0 Å². The molecule has 1 aliphatic rings. The van der Waals surface area contributed by atoms with E-state index in [0.29, 0.717) is 13.2 Å². The summed E-state index contributed by atoms with van der Waals surface area (Å²) in [6, 6.07) is -1.11. The molecule has 0 bridgehead atoms. The first-order valence-electron chi connectivity index (χ1n) is 6.03. The lowest BCUT2D eigenvalue weighted by Gasteiger charge is -2.29. The monoisotopic (exact) mass is 292 g/mol. The zero-order valence-electron chi connectivity index (χ0n) is 11.1. The number of aliphatic carboxylic acids is 1. The molecule has 0 aliphatic carbocycles. The number of rotatable bonds is 6. The Hall–Kier alpha value is -0.990. The Kier molecular flexibility index (Phi) is 6.40. The lowest BCUT2D eigenvalue weighted by atomic mass is 10.3. The highest BCUT2D eigenvalue weighted by atomic mass is 32.2. The second kappa shape index (κ2) is 7.56. The van der Waals surface area contributed by atoms with E-state index in [1.807, 2.05) is 7.05 Å². The average Bonchev–Trinajstić information content (AvgIpc) is 2.27. The Morgan fingerprint density at radius 2 is 2.26 bits per heavy atom. The van der Waals surface area contributed by atoms with E-state index in [1.165, 1.54) is 6.92 Å². The van der Waals surface area contributed by atoms with Gasteiger partial charge in [0.1, 0.15) is 6.04 Å². The number of hydrogen-bond acceptors (Lipinski definition) is 5. The Labute approximate surface area is 114 Å². The van der Waals surface area contributed by atoms with Crippen LogP contribution in [0, 0.1) is 0 Å². The summed E-state index contributed by atoms with van der Waals surface area (Å²) in [6.45, 7) is 3.35. The molecular weight excluding hydrogens is 272 g/mol. The smallest absolute Gasteiger partial charge is 0.327 e. The first-order valence-corrected chi connectivity index (χ1v) is 7.52. The van der Waals surface area contributed by atoms with Gasteiger partial charge in [-0.3, -0.25) is 9.00 Å². The van der Waals surface area contributed by atoms with Gasteiger partial charge < -0.3 is 20.1 Å². The minimum Gasteiger partial charge on any atom is -0.480 e. The predicted octanol–water partition coefficient (Wildman–Crippen LogP) is -1.34. The summed E-state index contributed by atoms with van der Waals surface area (Å²) in [5.41, 5.74) is 0. The number of hydrogen-bond donors (Lipinski definition) is 2. The summed E-state index contributed by atoms with van der Waals surface area (Å²) in [7, 11) is 0.607. The Balaban J connectivity index is 2.43. The van der Waals surface area contributed by atoms with E-state index in [1.54, 1.807) is 0 Å². The van der Waals surface area contributed by atoms with E-state index in [-0.39, 0.29) is 17.6 Å². The lowest BCUT2D eigenvalue weighted by molar-refractivity contribution is -0.140. The Morgan fingerprint density at radius 1 is 1.58 bits per heavy atom. The maximum absolute atomic E-state index is 11.9. The molecule has 3 atom stereocenters. The van der Waals surface area contributed by atoms with Crippen molar-refractivity contribution < 1.29 is 23.6 Å². The normalized spacial score (nSPS) is 23.6. The molecule has 110 valence electrons. The number of amides is 1. The fourth-order valence-corrected chi connectivity index (χ4v) is 3.20. The van der Waals surface area contributed by atoms with E-state index >= 15 is 0 Å². The number of likely N-dealkylation sites (N-methyl/N-ethyl adjacent to an activating group) is 1. The molecule has 1 amide bonds. The number of nitrogens with zero attached hydrogens (tertiary/aromatic N) is 1. The second-order valence-corrected chi connectivity index (χ2v) is 6.17. The van der Waals surface area contributed by atoms with Crippen LogP contribution in [0.5, 0.6) is 0 Å². The van der Waals surface area contributed by atoms with Crippen molar-refractivity contribution in [1.82, 2.24) is 10.2 Å². The van der Waals surface area contributed by atoms with E-state index in [4.69, 9.17) is 9.84 Å². The van der Waals surface area contributed by atoms with Gasteiger partial charge in [-0.25, -0.2) is 4.79 Å². The lowest BCUT2D eigenvalue weighted by Crippen LogP contribution is -2.46. The van der Waals surface area contributed by atoms with Crippen molar-refractivity contribution in [2.24, 2.45) is 0 Å². The first-order chi connectivity index (χ1) is 8.88. The molecule has 2 N–H and O–H groups in total. The molecule has 1 heterocycles. The maximum atomic E-state index is 11.9. The summed E-state index contributed by atoms with van der Waals surface area (Å²) >= 11 is 0. The molecule has 0 aromatic rings. The van der Waals surface area contributed by atoms with Crippen molar-refractivity contribution in [2.75, 3.05) is 38.2 Å². The van der Waals surface area contributed by atoms with Gasteiger partial charge in [-0.1, -0.05) is 0 Å². The number of carboxylic acid groups (broad SMARTS) is 1. The van der Waals surface area contributed by atoms with E-state index in [0.717, 1.165) is 6.54 Å². The maximum Gasteiger partial charge on any atom is 0.327 e. The minimum atomic E-state index is -1.35. The van der Waals surface area contributed by atoms with Crippen molar-refractivity contribution in [1.29, 1.82) is 0 Å². The molecule has 3 unspecified atom stereocenters. The van der Waals surface area contributed by atoms with Crippen molar-refractivity contribution in [3.05, 3.63) is 0 Å². The van der Waals surface area contributed by atoms with Crippen LogP contribution in [0.3, 0.4) is 0 Å². The largest absolute Gasteiger partial charge is 0.480 e. The van der Waals surface area contributed by atoms with Crippen LogP contribution in [-0.2, 0) is 25.1 Å². The van der Waals surface area contributed by atoms with Gasteiger partial charge >= 0.3 is 5.97 Å². The van der Waals surface area contributed by atoms with Crippen molar-refractivity contribution in [3.8, 4) is 0 Å². The molecule has 8 heteroatoms. The zero-order valence-corrected chi connectivity index (χ0v) is 11.9. The molecule has 1 aliphatic heterocycles. The number of carbonyl (C=O) groups is 2. The summed E-state index contributed by atoms with van der Waals surface area (Å²) in [4.78, 5) is 23.9. The van der Waals surface area contributed by atoms with Crippen LogP contribution in [-0.4, -0.2) is 76.5 Å². The molecule has 19 heavy (non-hydrogen) atoms. The molecule has 7 nitrogen and oxygen atoms in total. The highest BCUT2D eigenvalue weighted by Crippen LogP contribution is 2.05. The van der Waals surface area contributed by atoms with Crippen LogP contribution in [0.15, 0.2) is 0 Å². The highest BCUT2D eigenvalue weighted by Gasteiger charge is 2.25. The van der Waals surface area contributed by atoms with Crippen LogP contribution in [0.4, 0.5) is 0 Å². The molecule has 0 aromatic carbocycles. The predicted molar refractivity (Wildman–Crippen MR) is 70.4 cm³/mol. The van der Waals surface area contributed by atoms with Gasteiger partial charge in [0.15, 0.2) is 0 Å². The Bertz CT molecular complexity index is 363. The molecule has 1 saturated heterocycles. The van der Waals surface area contributed by atoms with Crippen LogP contribution < -0.4 is 5.32 Å². The van der Waals surface area contributed by atoms with Gasteiger partial charge in [0.25, 0.3) is 0 Å². The third kappa shape index (κ3) is 6.13. The van der Waals surface area contributed by atoms with Gasteiger partial charge in [0.2, 0.25) is 5.91 Å². The fraction of sp³-hybridized carbons (Fsp3) is 0.818. The third-order valence-corrected chi connectivity index (χ3v) is 4.19. The van der Waals surface area contributed by atoms with Crippen LogP contribution in [0.2, 0.25) is 0 Å². The van der Waals surface area contributed by atoms with Gasteiger partial charge in [0.05, 0.1) is 24.2 Å². The fourth-order valence-electron chi connectivity index (χ4n) is 1.85. The summed E-state index contributed by atoms with van der Waals surface area (Å²) in [6.07, 6.45) is -0.147. The number of carbonyl (C=O) groups excluding carboxylic acids is 1. The number of nitrogens with one attached hydrogen (secondary N) is 1. The molecule has 1 fully saturated rings. The molecule has 0 spiro atoms. The van der Waals surface area contributed by atoms with Gasteiger partial charge in [-0.15, -0.1) is 0 Å². The average molecular weight is 292 g/mol. The molecular formula is C11H20N2O5S. The summed E-state index contributed by atoms with van der Waals surface area (Å²) < 4.78 is 17.4. The van der Waals surface area contributed by atoms with E-state index in [9.17, 15) is 13.8 Å². The van der Waals surface area contributed by atoms with Gasteiger partial charge in [0, 0.05) is 30.8 Å². The topological polar surface area (TPSA) is 95.9 Å². The van der Waals surface area contributed by atoms with Crippen molar-refractivity contribution >= 4 is 22.7 Å². The van der Waals surface area contributed by atoms with Gasteiger partial charge in [-0.05, 0) is 7.05 Å². The first kappa shape index (κ1) is 16.1. The van der Waals surface area contributed by atoms with Gasteiger partial charge in [-0.2, -0.15) is 0 Å². The molecule has 1 rings (SSSR count). The number of ether oxygens (including phenoxy) is 1. The number of morpholine rings is 1. The van der Waals surface area contributed by atoms with Crippen LogP contribution >= 0.6 is 0 Å². The molecule has 0 saturated carbocycles. The molecule has 0 aromatic heterocycles. The van der Waals surface area contributed by atoms with Crippen LogP contribution in [0.25, 0.3) is 0 Å². The molecule has 0 radical (unpaired) electrons. The highest BCUT2D eigenvalue weighted by molar-refractivity contribution is 7.85. The summed E-state index contributed by atoms with van der Waals surface area (Å²) in [5.74, 6) is -1.44.